The molecule has 0 aliphatic carbocycles. The van der Waals surface area contributed by atoms with E-state index in [1.54, 1.807) is 0 Å². The van der Waals surface area contributed by atoms with Crippen LogP contribution in [0.2, 0.25) is 0 Å². The Morgan fingerprint density at radius 3 is 1.21 bits per heavy atom. The minimum absolute atomic E-state index is 0.0539. The fourth-order valence-corrected chi connectivity index (χ4v) is 9.29. The lowest BCUT2D eigenvalue weighted by molar-refractivity contribution is -0.301. The second kappa shape index (κ2) is 50.0. The number of esters is 3. The molecule has 1 saturated heterocycles. The van der Waals surface area contributed by atoms with E-state index in [9.17, 15) is 34.5 Å². The van der Waals surface area contributed by atoms with Crippen molar-refractivity contribution in [2.75, 3.05) is 13.2 Å². The minimum atomic E-state index is -1.90. The highest BCUT2D eigenvalue weighted by Gasteiger charge is 2.50. The molecule has 0 aromatic carbocycles. The summed E-state index contributed by atoms with van der Waals surface area (Å²) in [5.74, 6) is -3.10. The number of rotatable bonds is 52. The molecule has 1 aliphatic rings. The first-order valence-electron chi connectivity index (χ1n) is 30.3. The molecular formula is C61H110O12. The van der Waals surface area contributed by atoms with E-state index in [1.807, 2.05) is 0 Å². The number of aliphatic carboxylic acids is 1. The topological polar surface area (TPSA) is 175 Å². The first-order chi connectivity index (χ1) is 35.6. The molecule has 0 bridgehead atoms. The van der Waals surface area contributed by atoms with Crippen molar-refractivity contribution >= 4 is 23.9 Å². The molecule has 6 atom stereocenters. The van der Waals surface area contributed by atoms with Gasteiger partial charge in [-0.15, -0.1) is 0 Å². The molecule has 1 fully saturated rings. The van der Waals surface area contributed by atoms with Crippen molar-refractivity contribution in [3.05, 3.63) is 24.3 Å². The second-order valence-corrected chi connectivity index (χ2v) is 21.0. The Balaban J connectivity index is 2.64. The number of hydrogen-bond donors (Lipinski definition) is 3. The average molecular weight is 1040 g/mol. The maximum atomic E-state index is 13.1. The molecule has 0 saturated carbocycles. The van der Waals surface area contributed by atoms with Gasteiger partial charge >= 0.3 is 23.9 Å². The van der Waals surface area contributed by atoms with E-state index < -0.39 is 67.3 Å². The van der Waals surface area contributed by atoms with Crippen LogP contribution in [0.15, 0.2) is 24.3 Å². The second-order valence-electron chi connectivity index (χ2n) is 21.0. The van der Waals surface area contributed by atoms with Crippen molar-refractivity contribution in [2.24, 2.45) is 0 Å². The molecule has 1 aliphatic heterocycles. The van der Waals surface area contributed by atoms with Crippen molar-refractivity contribution in [3.63, 3.8) is 0 Å². The lowest BCUT2D eigenvalue weighted by Crippen LogP contribution is -2.61. The summed E-state index contributed by atoms with van der Waals surface area (Å²) in [5.41, 5.74) is 0. The van der Waals surface area contributed by atoms with Gasteiger partial charge in [-0.2, -0.15) is 0 Å². The van der Waals surface area contributed by atoms with Gasteiger partial charge in [0.15, 0.2) is 24.6 Å². The molecule has 0 radical (unpaired) electrons. The first kappa shape index (κ1) is 68.2. The third-order valence-electron chi connectivity index (χ3n) is 14.0. The van der Waals surface area contributed by atoms with Crippen molar-refractivity contribution in [1.82, 2.24) is 0 Å². The standard InChI is InChI=1S/C61H110O12/c1-4-7-10-13-16-19-22-24-25-26-27-28-29-31-33-35-38-41-44-47-53(62)69-50-52(71-54(63)48-45-42-39-37-34-30-23-20-17-14-11-8-5-2)51-70-61-59(57(66)56(65)58(73-61)60(67)68)72-55(64)49-46-43-40-36-32-21-18-15-12-9-6-3/h15,18,24-25,52,56-59,61,65-66H,4-14,16-17,19-23,26-51H2,1-3H3,(H,67,68)/b18-15-,25-24-. The Morgan fingerprint density at radius 2 is 0.795 bits per heavy atom. The molecule has 12 nitrogen and oxygen atoms in total. The van der Waals surface area contributed by atoms with Crippen molar-refractivity contribution in [2.45, 2.75) is 327 Å². The molecule has 0 aromatic rings. The SMILES string of the molecule is CCCC/C=C\CCCCCCCC(=O)OC1C(OCC(COC(=O)CCCCCCCCCCC/C=C\CCCCCCCC)OC(=O)CCCCCCCCCCCCCCC)OC(C(=O)O)C(O)C1O. The summed E-state index contributed by atoms with van der Waals surface area (Å²) >= 11 is 0. The lowest BCUT2D eigenvalue weighted by Gasteiger charge is -2.40. The van der Waals surface area contributed by atoms with E-state index in [2.05, 4.69) is 45.1 Å². The summed E-state index contributed by atoms with van der Waals surface area (Å²) in [5, 5.41) is 31.4. The van der Waals surface area contributed by atoms with E-state index >= 15 is 0 Å². The number of aliphatic hydroxyl groups excluding tert-OH is 2. The highest BCUT2D eigenvalue weighted by atomic mass is 16.7. The zero-order chi connectivity index (χ0) is 53.3. The quantitative estimate of drug-likeness (QED) is 0.0228. The normalized spacial score (nSPS) is 18.4. The fourth-order valence-electron chi connectivity index (χ4n) is 9.29. The maximum absolute atomic E-state index is 13.1. The Morgan fingerprint density at radius 1 is 0.438 bits per heavy atom. The average Bonchev–Trinajstić information content (AvgIpc) is 3.37. The third kappa shape index (κ3) is 40.2. The molecule has 12 heteroatoms. The van der Waals surface area contributed by atoms with Gasteiger partial charge < -0.3 is 39.0 Å². The molecule has 1 rings (SSSR count). The number of hydrogen-bond acceptors (Lipinski definition) is 11. The predicted molar refractivity (Wildman–Crippen MR) is 294 cm³/mol. The van der Waals surface area contributed by atoms with Crippen LogP contribution >= 0.6 is 0 Å². The minimum Gasteiger partial charge on any atom is -0.479 e. The van der Waals surface area contributed by atoms with Crippen molar-refractivity contribution in [3.8, 4) is 0 Å². The number of unbranched alkanes of at least 4 members (excludes halogenated alkanes) is 34. The number of carboxylic acid groups (broad SMARTS) is 1. The largest absolute Gasteiger partial charge is 0.479 e. The summed E-state index contributed by atoms with van der Waals surface area (Å²) in [6, 6.07) is 0. The summed E-state index contributed by atoms with van der Waals surface area (Å²) < 4.78 is 28.4. The van der Waals surface area contributed by atoms with Crippen LogP contribution < -0.4 is 0 Å². The number of allylic oxidation sites excluding steroid dienone is 4. The van der Waals surface area contributed by atoms with Crippen LogP contribution in [-0.2, 0) is 42.9 Å². The molecule has 3 N–H and O–H groups in total. The van der Waals surface area contributed by atoms with Gasteiger partial charge in [-0.1, -0.05) is 231 Å². The number of carbonyl (C=O) groups is 4. The summed E-state index contributed by atoms with van der Waals surface area (Å²) in [7, 11) is 0. The number of carboxylic acids is 1. The van der Waals surface area contributed by atoms with Crippen LogP contribution in [0.5, 0.6) is 0 Å². The van der Waals surface area contributed by atoms with Crippen LogP contribution in [-0.4, -0.2) is 89.2 Å². The van der Waals surface area contributed by atoms with Gasteiger partial charge in [0.05, 0.1) is 6.61 Å². The van der Waals surface area contributed by atoms with Crippen LogP contribution in [0, 0.1) is 0 Å². The molecule has 6 unspecified atom stereocenters. The molecule has 0 aromatic heterocycles. The molecule has 0 spiro atoms. The van der Waals surface area contributed by atoms with E-state index in [0.717, 1.165) is 77.0 Å². The number of carbonyl (C=O) groups excluding carboxylic acids is 3. The van der Waals surface area contributed by atoms with Crippen LogP contribution in [0.1, 0.15) is 290 Å². The summed E-state index contributed by atoms with van der Waals surface area (Å²) in [4.78, 5) is 51.1. The first-order valence-corrected chi connectivity index (χ1v) is 30.3. The zero-order valence-electron chi connectivity index (χ0n) is 46.9. The van der Waals surface area contributed by atoms with E-state index in [1.165, 1.54) is 154 Å². The number of aliphatic hydroxyl groups is 2. The zero-order valence-corrected chi connectivity index (χ0v) is 46.9. The van der Waals surface area contributed by atoms with E-state index in [0.29, 0.717) is 19.3 Å². The fraction of sp³-hybridized carbons (Fsp3) is 0.869. The predicted octanol–water partition coefficient (Wildman–Crippen LogP) is 15.5. The van der Waals surface area contributed by atoms with E-state index in [4.69, 9.17) is 23.7 Å². The van der Waals surface area contributed by atoms with Gasteiger partial charge in [0.1, 0.15) is 18.8 Å². The van der Waals surface area contributed by atoms with E-state index in [-0.39, 0.29) is 25.9 Å². The van der Waals surface area contributed by atoms with Gasteiger partial charge in [-0.25, -0.2) is 4.79 Å². The van der Waals surface area contributed by atoms with Crippen molar-refractivity contribution in [1.29, 1.82) is 0 Å². The maximum Gasteiger partial charge on any atom is 0.335 e. The summed E-state index contributed by atoms with van der Waals surface area (Å²) in [6.07, 6.45) is 44.4. The molecule has 426 valence electrons. The highest BCUT2D eigenvalue weighted by molar-refractivity contribution is 5.74. The molecule has 1 heterocycles. The molecular weight excluding hydrogens is 925 g/mol. The Bertz CT molecular complexity index is 1370. The van der Waals surface area contributed by atoms with Crippen LogP contribution in [0.4, 0.5) is 0 Å². The molecule has 73 heavy (non-hydrogen) atoms. The monoisotopic (exact) mass is 1030 g/mol. The van der Waals surface area contributed by atoms with Crippen LogP contribution in [0.3, 0.4) is 0 Å². The van der Waals surface area contributed by atoms with Gasteiger partial charge in [-0.05, 0) is 64.2 Å². The summed E-state index contributed by atoms with van der Waals surface area (Å²) in [6.45, 7) is 5.96. The third-order valence-corrected chi connectivity index (χ3v) is 14.0. The lowest BCUT2D eigenvalue weighted by atomic mass is 9.98. The van der Waals surface area contributed by atoms with Gasteiger partial charge in [0.25, 0.3) is 0 Å². The Labute approximate surface area is 445 Å². The van der Waals surface area contributed by atoms with Gasteiger partial charge in [-0.3, -0.25) is 14.4 Å². The Kier molecular flexibility index (Phi) is 46.8. The van der Waals surface area contributed by atoms with Gasteiger partial charge in [0.2, 0.25) is 0 Å². The van der Waals surface area contributed by atoms with Crippen LogP contribution in [0.25, 0.3) is 0 Å². The Hall–Kier alpha value is -2.80. The van der Waals surface area contributed by atoms with Crippen molar-refractivity contribution < 1.29 is 58.2 Å². The smallest absolute Gasteiger partial charge is 0.335 e. The highest BCUT2D eigenvalue weighted by Crippen LogP contribution is 2.27. The molecule has 0 amide bonds. The van der Waals surface area contributed by atoms with Gasteiger partial charge in [0, 0.05) is 19.3 Å². The number of ether oxygens (including phenoxy) is 5.